The highest BCUT2D eigenvalue weighted by molar-refractivity contribution is 6.34. The fraction of sp³-hybridized carbons (Fsp3) is 0.414. The van der Waals surface area contributed by atoms with Crippen LogP contribution < -0.4 is 24.3 Å². The molecule has 216 valence electrons. The Morgan fingerprint density at radius 3 is 2.76 bits per heavy atom. The first-order valence-electron chi connectivity index (χ1n) is 13.3. The molecule has 1 N–H and O–H groups in total. The largest absolute Gasteiger partial charge is 0.493 e. The second kappa shape index (κ2) is 13.1. The summed E-state index contributed by atoms with van der Waals surface area (Å²) in [6.45, 7) is 3.73. The standard InChI is InChI=1S/C29H32ClN5O6/c1-34-9-10-35(25(36)16-34)8-6-12-39-24-15-22-20(14-23(24)38-3)29(32-17-31-22)33-26-21(30)13-19(7-4-5-11-37-2)27-28(26)41-18-40-27/h13-15,17H,5-6,8-12,16,18H2,1-3H3,(H,31,32,33). The van der Waals surface area contributed by atoms with Gasteiger partial charge in [0.05, 0.1) is 43.0 Å². The van der Waals surface area contributed by atoms with Crippen molar-refractivity contribution in [3.05, 3.63) is 35.1 Å². The molecule has 1 aromatic heterocycles. The Hall–Kier alpha value is -3.98. The zero-order valence-corrected chi connectivity index (χ0v) is 24.0. The zero-order chi connectivity index (χ0) is 28.8. The van der Waals surface area contributed by atoms with Crippen LogP contribution in [0.3, 0.4) is 0 Å². The number of carbonyl (C=O) groups is 1. The average Bonchev–Trinajstić information content (AvgIpc) is 3.46. The Morgan fingerprint density at radius 1 is 1.10 bits per heavy atom. The van der Waals surface area contributed by atoms with Gasteiger partial charge in [-0.05, 0) is 25.6 Å². The first-order valence-corrected chi connectivity index (χ1v) is 13.6. The lowest BCUT2D eigenvalue weighted by Gasteiger charge is -2.32. The monoisotopic (exact) mass is 581 g/mol. The Bertz CT molecular complexity index is 1490. The molecule has 3 aromatic rings. The van der Waals surface area contributed by atoms with E-state index in [0.29, 0.717) is 95.1 Å². The summed E-state index contributed by atoms with van der Waals surface area (Å²) in [5.74, 6) is 8.86. The molecule has 1 saturated heterocycles. The molecule has 0 saturated carbocycles. The van der Waals surface area contributed by atoms with Crippen molar-refractivity contribution >= 4 is 39.9 Å². The van der Waals surface area contributed by atoms with E-state index in [9.17, 15) is 4.79 Å². The fourth-order valence-electron chi connectivity index (χ4n) is 4.61. The van der Waals surface area contributed by atoms with Crippen LogP contribution in [0.5, 0.6) is 23.0 Å². The number of ether oxygens (including phenoxy) is 5. The summed E-state index contributed by atoms with van der Waals surface area (Å²) in [6.07, 6.45) is 2.74. The maximum absolute atomic E-state index is 12.2. The van der Waals surface area contributed by atoms with Crippen LogP contribution in [0.2, 0.25) is 5.02 Å². The van der Waals surface area contributed by atoms with Crippen molar-refractivity contribution in [1.82, 2.24) is 19.8 Å². The van der Waals surface area contributed by atoms with Gasteiger partial charge < -0.3 is 33.9 Å². The van der Waals surface area contributed by atoms with Gasteiger partial charge in [-0.15, -0.1) is 0 Å². The van der Waals surface area contributed by atoms with Gasteiger partial charge in [-0.2, -0.15) is 0 Å². The molecule has 1 amide bonds. The minimum Gasteiger partial charge on any atom is -0.493 e. The number of halogens is 1. The molecule has 2 aromatic carbocycles. The molecular formula is C29H32ClN5O6. The van der Waals surface area contributed by atoms with Crippen LogP contribution in [-0.4, -0.2) is 93.1 Å². The van der Waals surface area contributed by atoms with Crippen molar-refractivity contribution < 1.29 is 28.5 Å². The summed E-state index contributed by atoms with van der Waals surface area (Å²) in [4.78, 5) is 25.0. The predicted molar refractivity (Wildman–Crippen MR) is 155 cm³/mol. The summed E-state index contributed by atoms with van der Waals surface area (Å²) in [5, 5.41) is 4.40. The number of nitrogens with one attached hydrogen (secondary N) is 1. The second-order valence-corrected chi connectivity index (χ2v) is 9.99. The second-order valence-electron chi connectivity index (χ2n) is 9.58. The van der Waals surface area contributed by atoms with Gasteiger partial charge in [-0.1, -0.05) is 23.4 Å². The summed E-state index contributed by atoms with van der Waals surface area (Å²) < 4.78 is 28.2. The Labute approximate surface area is 243 Å². The van der Waals surface area contributed by atoms with Crippen LogP contribution in [-0.2, 0) is 9.53 Å². The van der Waals surface area contributed by atoms with Crippen LogP contribution in [0.4, 0.5) is 11.5 Å². The van der Waals surface area contributed by atoms with E-state index in [1.807, 2.05) is 29.0 Å². The molecule has 5 rings (SSSR count). The number of benzene rings is 2. The molecule has 2 aliphatic heterocycles. The maximum atomic E-state index is 12.2. The number of anilines is 2. The molecule has 11 nitrogen and oxygen atoms in total. The van der Waals surface area contributed by atoms with E-state index in [0.717, 1.165) is 13.1 Å². The molecule has 0 radical (unpaired) electrons. The summed E-state index contributed by atoms with van der Waals surface area (Å²) in [5.41, 5.74) is 1.80. The van der Waals surface area contributed by atoms with Crippen molar-refractivity contribution in [1.29, 1.82) is 0 Å². The fourth-order valence-corrected chi connectivity index (χ4v) is 4.85. The van der Waals surface area contributed by atoms with Crippen LogP contribution in [0.1, 0.15) is 18.4 Å². The summed E-state index contributed by atoms with van der Waals surface area (Å²) >= 11 is 6.68. The van der Waals surface area contributed by atoms with Crippen molar-refractivity contribution in [2.75, 3.05) is 72.8 Å². The number of rotatable bonds is 10. The first-order chi connectivity index (χ1) is 20.0. The molecule has 0 atom stereocenters. The quantitative estimate of drug-likeness (QED) is 0.281. The normalized spacial score (nSPS) is 14.6. The van der Waals surface area contributed by atoms with E-state index in [-0.39, 0.29) is 12.7 Å². The number of methoxy groups -OCH3 is 2. The molecule has 0 spiro atoms. The number of hydrogen-bond acceptors (Lipinski definition) is 10. The van der Waals surface area contributed by atoms with Gasteiger partial charge in [0.2, 0.25) is 12.7 Å². The van der Waals surface area contributed by atoms with Gasteiger partial charge >= 0.3 is 0 Å². The minimum absolute atomic E-state index is 0.0547. The smallest absolute Gasteiger partial charge is 0.236 e. The van der Waals surface area contributed by atoms with E-state index in [4.69, 9.17) is 35.3 Å². The summed E-state index contributed by atoms with van der Waals surface area (Å²) in [7, 11) is 5.17. The Balaban J connectivity index is 1.33. The molecule has 2 aliphatic rings. The molecule has 41 heavy (non-hydrogen) atoms. The number of nitrogens with zero attached hydrogens (tertiary/aromatic N) is 4. The number of piperazine rings is 1. The van der Waals surface area contributed by atoms with Crippen LogP contribution in [0.25, 0.3) is 10.9 Å². The van der Waals surface area contributed by atoms with Crippen molar-refractivity contribution in [2.45, 2.75) is 12.8 Å². The molecule has 1 fully saturated rings. The van der Waals surface area contributed by atoms with Crippen molar-refractivity contribution in [3.63, 3.8) is 0 Å². The zero-order valence-electron chi connectivity index (χ0n) is 23.3. The van der Waals surface area contributed by atoms with E-state index >= 15 is 0 Å². The number of amides is 1. The minimum atomic E-state index is 0.0547. The van der Waals surface area contributed by atoms with Crippen molar-refractivity contribution in [2.24, 2.45) is 0 Å². The molecule has 0 aliphatic carbocycles. The third kappa shape index (κ3) is 6.51. The van der Waals surface area contributed by atoms with Gasteiger partial charge in [0.15, 0.2) is 23.0 Å². The lowest BCUT2D eigenvalue weighted by atomic mass is 10.1. The molecule has 12 heteroatoms. The number of hydrogen-bond donors (Lipinski definition) is 1. The highest BCUT2D eigenvalue weighted by Gasteiger charge is 2.26. The van der Waals surface area contributed by atoms with Crippen molar-refractivity contribution in [3.8, 4) is 34.8 Å². The third-order valence-electron chi connectivity index (χ3n) is 6.75. The Morgan fingerprint density at radius 2 is 1.95 bits per heavy atom. The van der Waals surface area contributed by atoms with E-state index in [1.54, 1.807) is 20.3 Å². The number of carbonyl (C=O) groups excluding carboxylic acids is 1. The lowest BCUT2D eigenvalue weighted by molar-refractivity contribution is -0.135. The average molecular weight is 582 g/mol. The number of likely N-dealkylation sites (N-methyl/N-ethyl adjacent to an activating group) is 1. The first kappa shape index (κ1) is 28.5. The van der Waals surface area contributed by atoms with Gasteiger partial charge in [0.25, 0.3) is 0 Å². The van der Waals surface area contributed by atoms with Gasteiger partial charge in [-0.25, -0.2) is 9.97 Å². The van der Waals surface area contributed by atoms with E-state index < -0.39 is 0 Å². The van der Waals surface area contributed by atoms with E-state index in [2.05, 4.69) is 27.1 Å². The van der Waals surface area contributed by atoms with Crippen LogP contribution in [0.15, 0.2) is 24.5 Å². The Kier molecular flexibility index (Phi) is 9.14. The number of aromatic nitrogens is 2. The predicted octanol–water partition coefficient (Wildman–Crippen LogP) is 3.70. The topological polar surface area (TPSA) is 108 Å². The van der Waals surface area contributed by atoms with Gasteiger partial charge in [0, 0.05) is 44.6 Å². The summed E-state index contributed by atoms with van der Waals surface area (Å²) in [6, 6.07) is 5.37. The molecule has 0 unspecified atom stereocenters. The van der Waals surface area contributed by atoms with Gasteiger partial charge in [0.1, 0.15) is 17.8 Å². The highest BCUT2D eigenvalue weighted by atomic mass is 35.5. The van der Waals surface area contributed by atoms with Crippen LogP contribution in [0, 0.1) is 11.8 Å². The molecule has 0 bridgehead atoms. The van der Waals surface area contributed by atoms with Crippen LogP contribution >= 0.6 is 11.6 Å². The highest BCUT2D eigenvalue weighted by Crippen LogP contribution is 2.47. The molecule has 3 heterocycles. The lowest BCUT2D eigenvalue weighted by Crippen LogP contribution is -2.49. The maximum Gasteiger partial charge on any atom is 0.236 e. The number of fused-ring (bicyclic) bond motifs is 2. The third-order valence-corrected chi connectivity index (χ3v) is 7.05. The molecular weight excluding hydrogens is 550 g/mol. The SMILES string of the molecule is COCCC#Cc1cc(Cl)c(Nc2ncnc3cc(OCCCN4CCN(C)CC4=O)c(OC)cc23)c2c1OCO2. The van der Waals surface area contributed by atoms with E-state index in [1.165, 1.54) is 6.33 Å². The van der Waals surface area contributed by atoms with Gasteiger partial charge in [-0.3, -0.25) is 9.69 Å².